The summed E-state index contributed by atoms with van der Waals surface area (Å²) in [4.78, 5) is 22.7. The quantitative estimate of drug-likeness (QED) is 0.645. The van der Waals surface area contributed by atoms with Crippen LogP contribution in [0.15, 0.2) is 22.7 Å². The Morgan fingerprint density at radius 3 is 2.33 bits per heavy atom. The van der Waals surface area contributed by atoms with E-state index in [1.165, 1.54) is 18.2 Å². The van der Waals surface area contributed by atoms with E-state index < -0.39 is 10.5 Å². The predicted octanol–water partition coefficient (Wildman–Crippen LogP) is 4.30. The number of hydrogen-bond donors (Lipinski definition) is 1. The van der Waals surface area contributed by atoms with Crippen LogP contribution >= 0.6 is 15.9 Å². The molecule has 6 heteroatoms. The molecule has 5 nitrogen and oxygen atoms in total. The Kier molecular flexibility index (Phi) is 5.15. The molecule has 0 atom stereocenters. The third-order valence-electron chi connectivity index (χ3n) is 2.83. The Labute approximate surface area is 133 Å². The Bertz CT molecular complexity index is 563. The molecule has 0 fully saturated rings. The van der Waals surface area contributed by atoms with Crippen molar-refractivity contribution < 1.29 is 9.72 Å². The number of nitrogens with one attached hydrogen (secondary N) is 1. The molecule has 1 aromatic rings. The predicted molar refractivity (Wildman–Crippen MR) is 86.4 cm³/mol. The van der Waals surface area contributed by atoms with Gasteiger partial charge < -0.3 is 5.32 Å². The highest BCUT2D eigenvalue weighted by Crippen LogP contribution is 2.28. The van der Waals surface area contributed by atoms with Crippen LogP contribution in [0, 0.1) is 15.5 Å². The molecule has 0 aromatic heterocycles. The van der Waals surface area contributed by atoms with Crippen molar-refractivity contribution in [2.45, 2.75) is 46.6 Å². The van der Waals surface area contributed by atoms with Gasteiger partial charge in [0.15, 0.2) is 0 Å². The lowest BCUT2D eigenvalue weighted by molar-refractivity contribution is -0.384. The average molecular weight is 357 g/mol. The maximum Gasteiger partial charge on any atom is 0.270 e. The van der Waals surface area contributed by atoms with E-state index in [4.69, 9.17) is 0 Å². The molecule has 0 saturated heterocycles. The highest BCUT2D eigenvalue weighted by Gasteiger charge is 2.28. The fraction of sp³-hybridized carbons (Fsp3) is 0.533. The van der Waals surface area contributed by atoms with Crippen LogP contribution in [0.4, 0.5) is 5.69 Å². The summed E-state index contributed by atoms with van der Waals surface area (Å²) in [5.41, 5.74) is -0.168. The Hall–Kier alpha value is -1.43. The number of carbonyl (C=O) groups is 1. The third kappa shape index (κ3) is 5.46. The van der Waals surface area contributed by atoms with Crippen LogP contribution in [-0.2, 0) is 0 Å². The van der Waals surface area contributed by atoms with Crippen molar-refractivity contribution in [2.24, 2.45) is 5.41 Å². The first-order chi connectivity index (χ1) is 9.41. The van der Waals surface area contributed by atoms with Crippen molar-refractivity contribution in [3.05, 3.63) is 38.3 Å². The Morgan fingerprint density at radius 1 is 1.29 bits per heavy atom. The topological polar surface area (TPSA) is 72.2 Å². The number of carbonyl (C=O) groups excluding carboxylic acids is 1. The largest absolute Gasteiger partial charge is 0.347 e. The lowest BCUT2D eigenvalue weighted by Crippen LogP contribution is -2.45. The van der Waals surface area contributed by atoms with Crippen LogP contribution in [0.2, 0.25) is 0 Å². The van der Waals surface area contributed by atoms with Crippen molar-refractivity contribution in [3.8, 4) is 0 Å². The average Bonchev–Trinajstić information content (AvgIpc) is 2.24. The van der Waals surface area contributed by atoms with Gasteiger partial charge in [0.05, 0.1) is 10.5 Å². The summed E-state index contributed by atoms with van der Waals surface area (Å²) >= 11 is 3.27. The summed E-state index contributed by atoms with van der Waals surface area (Å²) in [5, 5.41) is 13.8. The fourth-order valence-corrected chi connectivity index (χ4v) is 2.97. The second-order valence-electron chi connectivity index (χ2n) is 7.00. The van der Waals surface area contributed by atoms with Crippen LogP contribution in [0.5, 0.6) is 0 Å². The molecule has 0 aliphatic heterocycles. The fourth-order valence-electron chi connectivity index (χ4n) is 2.55. The lowest BCUT2D eigenvalue weighted by Gasteiger charge is -2.33. The summed E-state index contributed by atoms with van der Waals surface area (Å²) in [6, 6.07) is 4.16. The van der Waals surface area contributed by atoms with E-state index in [1.54, 1.807) is 0 Å². The van der Waals surface area contributed by atoms with Gasteiger partial charge in [-0.1, -0.05) is 20.8 Å². The Balaban J connectivity index is 2.99. The molecule has 0 aliphatic carbocycles. The van der Waals surface area contributed by atoms with Gasteiger partial charge in [0, 0.05) is 22.1 Å². The van der Waals surface area contributed by atoms with Crippen molar-refractivity contribution in [1.82, 2.24) is 5.32 Å². The highest BCUT2D eigenvalue weighted by atomic mass is 79.9. The number of non-ortho nitro benzene ring substituents is 1. The minimum absolute atomic E-state index is 0.0662. The molecule has 1 N–H and O–H groups in total. The van der Waals surface area contributed by atoms with E-state index in [9.17, 15) is 14.9 Å². The van der Waals surface area contributed by atoms with Gasteiger partial charge >= 0.3 is 0 Å². The first kappa shape index (κ1) is 17.6. The van der Waals surface area contributed by atoms with Crippen molar-refractivity contribution >= 4 is 27.5 Å². The van der Waals surface area contributed by atoms with Crippen LogP contribution in [0.25, 0.3) is 0 Å². The maximum atomic E-state index is 12.4. The number of benzene rings is 1. The molecule has 0 radical (unpaired) electrons. The minimum Gasteiger partial charge on any atom is -0.347 e. The smallest absolute Gasteiger partial charge is 0.270 e. The molecule has 1 rings (SSSR count). The van der Waals surface area contributed by atoms with Crippen molar-refractivity contribution in [3.63, 3.8) is 0 Å². The first-order valence-electron chi connectivity index (χ1n) is 6.68. The Morgan fingerprint density at radius 2 is 1.86 bits per heavy atom. The summed E-state index contributed by atoms with van der Waals surface area (Å²) in [5.74, 6) is -0.320. The van der Waals surface area contributed by atoms with Gasteiger partial charge in [-0.25, -0.2) is 0 Å². The zero-order valence-electron chi connectivity index (χ0n) is 13.0. The van der Waals surface area contributed by atoms with E-state index in [1.807, 2.05) is 13.8 Å². The van der Waals surface area contributed by atoms with Gasteiger partial charge in [-0.2, -0.15) is 0 Å². The van der Waals surface area contributed by atoms with Crippen molar-refractivity contribution in [1.29, 1.82) is 0 Å². The number of hydrogen-bond acceptors (Lipinski definition) is 3. The van der Waals surface area contributed by atoms with E-state index >= 15 is 0 Å². The number of nitrogens with zero attached hydrogens (tertiary/aromatic N) is 1. The van der Waals surface area contributed by atoms with Crippen LogP contribution in [-0.4, -0.2) is 16.4 Å². The van der Waals surface area contributed by atoms with E-state index in [-0.39, 0.29) is 22.6 Å². The molecule has 0 spiro atoms. The molecule has 0 saturated carbocycles. The lowest BCUT2D eigenvalue weighted by atomic mass is 9.81. The molecule has 0 heterocycles. The monoisotopic (exact) mass is 356 g/mol. The molecule has 1 amide bonds. The minimum atomic E-state index is -0.510. The molecule has 116 valence electrons. The molecule has 1 aromatic carbocycles. The van der Waals surface area contributed by atoms with Gasteiger partial charge in [-0.3, -0.25) is 14.9 Å². The number of nitro benzene ring substituents is 1. The highest BCUT2D eigenvalue weighted by molar-refractivity contribution is 9.10. The second-order valence-corrected chi connectivity index (χ2v) is 7.85. The van der Waals surface area contributed by atoms with E-state index in [0.29, 0.717) is 4.47 Å². The molecule has 21 heavy (non-hydrogen) atoms. The zero-order chi connectivity index (χ0) is 16.4. The molecular formula is C15H21BrN2O3. The summed E-state index contributed by atoms with van der Waals surface area (Å²) in [6.45, 7) is 10.2. The summed E-state index contributed by atoms with van der Waals surface area (Å²) in [7, 11) is 0. The summed E-state index contributed by atoms with van der Waals surface area (Å²) in [6.07, 6.45) is 0.790. The SMILES string of the molecule is CC(C)(C)CC(C)(C)NC(=O)c1cc([N+](=O)[O-])ccc1Br. The van der Waals surface area contributed by atoms with Gasteiger partial charge in [0.2, 0.25) is 0 Å². The van der Waals surface area contributed by atoms with E-state index in [2.05, 4.69) is 42.0 Å². The first-order valence-corrected chi connectivity index (χ1v) is 7.47. The summed E-state index contributed by atoms with van der Waals surface area (Å²) < 4.78 is 0.539. The van der Waals surface area contributed by atoms with Crippen LogP contribution < -0.4 is 5.32 Å². The maximum absolute atomic E-state index is 12.4. The van der Waals surface area contributed by atoms with Gasteiger partial charge in [0.1, 0.15) is 0 Å². The van der Waals surface area contributed by atoms with Crippen LogP contribution in [0.3, 0.4) is 0 Å². The molecular weight excluding hydrogens is 336 g/mol. The molecule has 0 bridgehead atoms. The van der Waals surface area contributed by atoms with Crippen LogP contribution in [0.1, 0.15) is 51.4 Å². The van der Waals surface area contributed by atoms with Gasteiger partial charge in [-0.15, -0.1) is 0 Å². The number of rotatable bonds is 4. The third-order valence-corrected chi connectivity index (χ3v) is 3.52. The number of halogens is 1. The number of nitro groups is 1. The van der Waals surface area contributed by atoms with Gasteiger partial charge in [0.25, 0.3) is 11.6 Å². The molecule has 0 unspecified atom stereocenters. The number of amides is 1. The van der Waals surface area contributed by atoms with Gasteiger partial charge in [-0.05, 0) is 47.7 Å². The molecule has 0 aliphatic rings. The van der Waals surface area contributed by atoms with Crippen molar-refractivity contribution in [2.75, 3.05) is 0 Å². The normalized spacial score (nSPS) is 12.1. The van der Waals surface area contributed by atoms with E-state index in [0.717, 1.165) is 6.42 Å². The second kappa shape index (κ2) is 6.13. The zero-order valence-corrected chi connectivity index (χ0v) is 14.6. The standard InChI is InChI=1S/C15H21BrN2O3/c1-14(2,3)9-15(4,5)17-13(19)11-8-10(18(20)21)6-7-12(11)16/h6-8H,9H2,1-5H3,(H,17,19).